The SMILES string of the molecule is CCC(CC)N(CC)Cc1nc(Cc2ccccc2)no1. The van der Waals surface area contributed by atoms with Crippen LogP contribution < -0.4 is 0 Å². The predicted octanol–water partition coefficient (Wildman–Crippen LogP) is 3.67. The minimum absolute atomic E-state index is 0.583. The van der Waals surface area contributed by atoms with E-state index in [0.717, 1.165) is 44.1 Å². The van der Waals surface area contributed by atoms with Crippen LogP contribution in [0.5, 0.6) is 0 Å². The summed E-state index contributed by atoms with van der Waals surface area (Å²) in [5.74, 6) is 1.48. The van der Waals surface area contributed by atoms with Gasteiger partial charge >= 0.3 is 0 Å². The molecular formula is C17H25N3O. The lowest BCUT2D eigenvalue weighted by Gasteiger charge is -2.27. The number of hydrogen-bond donors (Lipinski definition) is 0. The summed E-state index contributed by atoms with van der Waals surface area (Å²) in [5, 5.41) is 4.10. The molecule has 0 fully saturated rings. The molecule has 0 radical (unpaired) electrons. The molecule has 21 heavy (non-hydrogen) atoms. The molecule has 1 aromatic carbocycles. The summed E-state index contributed by atoms with van der Waals surface area (Å²) < 4.78 is 5.41. The molecular weight excluding hydrogens is 262 g/mol. The van der Waals surface area contributed by atoms with Crippen molar-refractivity contribution in [2.45, 2.75) is 52.6 Å². The standard InChI is InChI=1S/C17H25N3O/c1-4-15(5-2)20(6-3)13-17-18-16(19-21-17)12-14-10-8-7-9-11-14/h7-11,15H,4-6,12-13H2,1-3H3. The highest BCUT2D eigenvalue weighted by molar-refractivity contribution is 5.18. The third-order valence-corrected chi connectivity index (χ3v) is 3.92. The van der Waals surface area contributed by atoms with Gasteiger partial charge in [0.05, 0.1) is 6.54 Å². The zero-order valence-electron chi connectivity index (χ0n) is 13.2. The molecule has 1 aromatic heterocycles. The van der Waals surface area contributed by atoms with E-state index >= 15 is 0 Å². The van der Waals surface area contributed by atoms with Crippen LogP contribution in [0.3, 0.4) is 0 Å². The van der Waals surface area contributed by atoms with E-state index in [9.17, 15) is 0 Å². The van der Waals surface area contributed by atoms with Crippen molar-refractivity contribution in [3.8, 4) is 0 Å². The molecule has 0 aliphatic heterocycles. The summed E-state index contributed by atoms with van der Waals surface area (Å²) in [6.45, 7) is 8.38. The van der Waals surface area contributed by atoms with Gasteiger partial charge in [-0.05, 0) is 24.9 Å². The summed E-state index contributed by atoms with van der Waals surface area (Å²) in [6, 6.07) is 10.8. The van der Waals surface area contributed by atoms with E-state index in [1.165, 1.54) is 5.56 Å². The molecule has 0 atom stereocenters. The Labute approximate surface area is 127 Å². The van der Waals surface area contributed by atoms with Crippen molar-refractivity contribution in [3.05, 3.63) is 47.6 Å². The summed E-state index contributed by atoms with van der Waals surface area (Å²) in [5.41, 5.74) is 1.21. The highest BCUT2D eigenvalue weighted by Crippen LogP contribution is 2.13. The minimum atomic E-state index is 0.583. The minimum Gasteiger partial charge on any atom is -0.338 e. The second-order valence-corrected chi connectivity index (χ2v) is 5.30. The van der Waals surface area contributed by atoms with Crippen molar-refractivity contribution in [1.29, 1.82) is 0 Å². The van der Waals surface area contributed by atoms with Gasteiger partial charge in [0, 0.05) is 12.5 Å². The number of aromatic nitrogens is 2. The Kier molecular flexibility index (Phi) is 5.93. The summed E-state index contributed by atoms with van der Waals surface area (Å²) >= 11 is 0. The molecule has 0 spiro atoms. The van der Waals surface area contributed by atoms with E-state index in [2.05, 4.69) is 47.9 Å². The lowest BCUT2D eigenvalue weighted by molar-refractivity contribution is 0.164. The Balaban J connectivity index is 1.99. The van der Waals surface area contributed by atoms with Crippen LogP contribution >= 0.6 is 0 Å². The van der Waals surface area contributed by atoms with Crippen LogP contribution in [0.4, 0.5) is 0 Å². The fourth-order valence-corrected chi connectivity index (χ4v) is 2.68. The van der Waals surface area contributed by atoms with E-state index in [-0.39, 0.29) is 0 Å². The number of rotatable bonds is 8. The first-order chi connectivity index (χ1) is 10.3. The Morgan fingerprint density at radius 1 is 1.10 bits per heavy atom. The van der Waals surface area contributed by atoms with E-state index in [4.69, 9.17) is 4.52 Å². The fraction of sp³-hybridized carbons (Fsp3) is 0.529. The van der Waals surface area contributed by atoms with Crippen molar-refractivity contribution in [3.63, 3.8) is 0 Å². The third kappa shape index (κ3) is 4.39. The smallest absolute Gasteiger partial charge is 0.240 e. The van der Waals surface area contributed by atoms with Gasteiger partial charge in [-0.3, -0.25) is 4.90 Å². The van der Waals surface area contributed by atoms with Gasteiger partial charge in [0.15, 0.2) is 5.82 Å². The van der Waals surface area contributed by atoms with Gasteiger partial charge in [0.25, 0.3) is 0 Å². The molecule has 0 saturated carbocycles. The first-order valence-electron chi connectivity index (χ1n) is 7.86. The lowest BCUT2D eigenvalue weighted by Crippen LogP contribution is -2.33. The Hall–Kier alpha value is -1.68. The van der Waals surface area contributed by atoms with Gasteiger partial charge in [-0.2, -0.15) is 4.98 Å². The molecule has 0 N–H and O–H groups in total. The predicted molar refractivity (Wildman–Crippen MR) is 84.0 cm³/mol. The van der Waals surface area contributed by atoms with Crippen molar-refractivity contribution in [2.24, 2.45) is 0 Å². The monoisotopic (exact) mass is 287 g/mol. The Morgan fingerprint density at radius 2 is 1.81 bits per heavy atom. The Bertz CT molecular complexity index is 520. The molecule has 2 rings (SSSR count). The first-order valence-corrected chi connectivity index (χ1v) is 7.86. The molecule has 0 saturated heterocycles. The van der Waals surface area contributed by atoms with Gasteiger partial charge in [0.2, 0.25) is 5.89 Å². The second-order valence-electron chi connectivity index (χ2n) is 5.30. The van der Waals surface area contributed by atoms with E-state index in [1.54, 1.807) is 0 Å². The first kappa shape index (κ1) is 15.7. The molecule has 4 nitrogen and oxygen atoms in total. The summed E-state index contributed by atoms with van der Waals surface area (Å²) in [7, 11) is 0. The average molecular weight is 287 g/mol. The van der Waals surface area contributed by atoms with E-state index < -0.39 is 0 Å². The maximum Gasteiger partial charge on any atom is 0.240 e. The van der Waals surface area contributed by atoms with Gasteiger partial charge in [-0.1, -0.05) is 56.3 Å². The highest BCUT2D eigenvalue weighted by atomic mass is 16.5. The highest BCUT2D eigenvalue weighted by Gasteiger charge is 2.17. The van der Waals surface area contributed by atoms with E-state index in [1.807, 2.05) is 18.2 Å². The molecule has 4 heteroatoms. The van der Waals surface area contributed by atoms with Crippen molar-refractivity contribution in [2.75, 3.05) is 6.54 Å². The largest absolute Gasteiger partial charge is 0.338 e. The molecule has 0 aliphatic rings. The lowest BCUT2D eigenvalue weighted by atomic mass is 10.1. The van der Waals surface area contributed by atoms with Crippen LogP contribution in [0, 0.1) is 0 Å². The molecule has 0 aliphatic carbocycles. The van der Waals surface area contributed by atoms with Gasteiger partial charge < -0.3 is 4.52 Å². The number of benzene rings is 1. The van der Waals surface area contributed by atoms with Crippen molar-refractivity contribution < 1.29 is 4.52 Å². The maximum absolute atomic E-state index is 5.41. The van der Waals surface area contributed by atoms with E-state index in [0.29, 0.717) is 6.04 Å². The van der Waals surface area contributed by atoms with Crippen LogP contribution in [0.1, 0.15) is 50.9 Å². The van der Waals surface area contributed by atoms with Crippen LogP contribution in [0.15, 0.2) is 34.9 Å². The topological polar surface area (TPSA) is 42.2 Å². The number of hydrogen-bond acceptors (Lipinski definition) is 4. The molecule has 0 amide bonds. The zero-order valence-corrected chi connectivity index (χ0v) is 13.2. The van der Waals surface area contributed by atoms with Crippen molar-refractivity contribution >= 4 is 0 Å². The summed E-state index contributed by atoms with van der Waals surface area (Å²) in [4.78, 5) is 6.93. The number of nitrogens with zero attached hydrogens (tertiary/aromatic N) is 3. The van der Waals surface area contributed by atoms with Crippen LogP contribution in [0.2, 0.25) is 0 Å². The van der Waals surface area contributed by atoms with Crippen LogP contribution in [0.25, 0.3) is 0 Å². The summed E-state index contributed by atoms with van der Waals surface area (Å²) in [6.07, 6.45) is 3.02. The quantitative estimate of drug-likeness (QED) is 0.743. The molecule has 0 bridgehead atoms. The van der Waals surface area contributed by atoms with Crippen molar-refractivity contribution in [1.82, 2.24) is 15.0 Å². The molecule has 2 aromatic rings. The third-order valence-electron chi connectivity index (χ3n) is 3.92. The van der Waals surface area contributed by atoms with Crippen LogP contribution in [-0.2, 0) is 13.0 Å². The maximum atomic E-state index is 5.41. The Morgan fingerprint density at radius 3 is 2.43 bits per heavy atom. The molecule has 0 unspecified atom stereocenters. The second kappa shape index (κ2) is 7.93. The van der Waals surface area contributed by atoms with Crippen LogP contribution in [-0.4, -0.2) is 27.6 Å². The molecule has 1 heterocycles. The average Bonchev–Trinajstić information content (AvgIpc) is 2.95. The van der Waals surface area contributed by atoms with Gasteiger partial charge in [-0.25, -0.2) is 0 Å². The fourth-order valence-electron chi connectivity index (χ4n) is 2.68. The zero-order chi connectivity index (χ0) is 15.1. The normalized spacial score (nSPS) is 11.5. The van der Waals surface area contributed by atoms with Gasteiger partial charge in [-0.15, -0.1) is 0 Å². The molecule has 114 valence electrons. The van der Waals surface area contributed by atoms with Gasteiger partial charge in [0.1, 0.15) is 0 Å².